The van der Waals surface area contributed by atoms with Gasteiger partial charge in [-0.15, -0.1) is 17.0 Å². The third kappa shape index (κ3) is 78.5. The maximum absolute atomic E-state index is 8.07. The molecule has 0 fully saturated rings. The summed E-state index contributed by atoms with van der Waals surface area (Å²) in [5.74, 6) is 0. The van der Waals surface area contributed by atoms with E-state index >= 15 is 0 Å². The van der Waals surface area contributed by atoms with E-state index in [9.17, 15) is 0 Å². The maximum atomic E-state index is 8.07. The Morgan fingerprint density at radius 3 is 0.765 bits per heavy atom. The standard InChI is InChI=1S/3C4H10O.BrH.V/c3*1-2-3-4-5;;/h3*5H,2-4H2,1H3;1H;. The van der Waals surface area contributed by atoms with Gasteiger partial charge in [0.2, 0.25) is 0 Å². The van der Waals surface area contributed by atoms with E-state index in [1.165, 1.54) is 0 Å². The van der Waals surface area contributed by atoms with Crippen LogP contribution in [0.1, 0.15) is 59.3 Å². The second kappa shape index (κ2) is 43.6. The topological polar surface area (TPSA) is 60.7 Å². The summed E-state index contributed by atoms with van der Waals surface area (Å²) < 4.78 is 0. The molecule has 0 aliphatic rings. The van der Waals surface area contributed by atoms with Crippen LogP contribution in [0.5, 0.6) is 0 Å². The number of rotatable bonds is 6. The average Bonchev–Trinajstić information content (AvgIpc) is 2.23. The molecule has 0 aliphatic heterocycles. The Balaban J connectivity index is -0.0000000400. The van der Waals surface area contributed by atoms with Gasteiger partial charge < -0.3 is 15.3 Å². The molecule has 109 valence electrons. The van der Waals surface area contributed by atoms with Crippen molar-refractivity contribution < 1.29 is 33.9 Å². The molecular weight excluding hydrogens is 323 g/mol. The van der Waals surface area contributed by atoms with Gasteiger partial charge in [-0.3, -0.25) is 0 Å². The van der Waals surface area contributed by atoms with Crippen LogP contribution in [0.4, 0.5) is 0 Å². The van der Waals surface area contributed by atoms with Crippen molar-refractivity contribution in [3.63, 3.8) is 0 Å². The summed E-state index contributed by atoms with van der Waals surface area (Å²) in [4.78, 5) is 0. The molecule has 0 unspecified atom stereocenters. The predicted molar refractivity (Wildman–Crippen MR) is 76.3 cm³/mol. The normalized spacial score (nSPS) is 7.41. The van der Waals surface area contributed by atoms with E-state index < -0.39 is 0 Å². The van der Waals surface area contributed by atoms with Gasteiger partial charge in [-0.05, 0) is 19.3 Å². The minimum atomic E-state index is 0. The fraction of sp³-hybridized carbons (Fsp3) is 1.00. The molecular formula is C12H31BrO3V. The van der Waals surface area contributed by atoms with Gasteiger partial charge in [0.25, 0.3) is 0 Å². The van der Waals surface area contributed by atoms with Crippen LogP contribution in [-0.2, 0) is 18.6 Å². The Bertz CT molecular complexity index is 58.5. The third-order valence-electron chi connectivity index (χ3n) is 1.54. The Morgan fingerprint density at radius 2 is 0.765 bits per heavy atom. The summed E-state index contributed by atoms with van der Waals surface area (Å²) >= 11 is 0. The summed E-state index contributed by atoms with van der Waals surface area (Å²) in [6.07, 6.45) is 6.11. The zero-order valence-corrected chi connectivity index (χ0v) is 14.7. The van der Waals surface area contributed by atoms with Crippen LogP contribution in [-0.4, -0.2) is 35.1 Å². The molecule has 0 saturated heterocycles. The van der Waals surface area contributed by atoms with Crippen molar-refractivity contribution in [3.05, 3.63) is 0 Å². The number of aliphatic hydroxyl groups excluding tert-OH is 3. The van der Waals surface area contributed by atoms with Crippen LogP contribution in [0, 0.1) is 0 Å². The molecule has 5 heteroatoms. The summed E-state index contributed by atoms with van der Waals surface area (Å²) in [6.45, 7) is 7.19. The first-order chi connectivity index (χ1) is 7.24. The third-order valence-corrected chi connectivity index (χ3v) is 1.54. The van der Waals surface area contributed by atoms with E-state index in [0.717, 1.165) is 38.5 Å². The largest absolute Gasteiger partial charge is 0.396 e. The zero-order valence-electron chi connectivity index (χ0n) is 11.6. The minimum absolute atomic E-state index is 0. The fourth-order valence-corrected chi connectivity index (χ4v) is 0.474. The monoisotopic (exact) mass is 353 g/mol. The smallest absolute Gasteiger partial charge is 0.0430 e. The first kappa shape index (κ1) is 30.7. The molecule has 0 heterocycles. The average molecular weight is 354 g/mol. The summed E-state index contributed by atoms with van der Waals surface area (Å²) in [5.41, 5.74) is 0. The maximum Gasteiger partial charge on any atom is 0.0430 e. The van der Waals surface area contributed by atoms with Crippen molar-refractivity contribution in [1.82, 2.24) is 0 Å². The molecule has 3 nitrogen and oxygen atoms in total. The van der Waals surface area contributed by atoms with Gasteiger partial charge in [0.1, 0.15) is 0 Å². The molecule has 0 bridgehead atoms. The summed E-state index contributed by atoms with van der Waals surface area (Å²) in [7, 11) is 0. The van der Waals surface area contributed by atoms with E-state index in [2.05, 4.69) is 20.8 Å². The fourth-order valence-electron chi connectivity index (χ4n) is 0.474. The van der Waals surface area contributed by atoms with E-state index in [4.69, 9.17) is 15.3 Å². The van der Waals surface area contributed by atoms with Gasteiger partial charge in [-0.1, -0.05) is 40.0 Å². The Hall–Kier alpha value is 0.944. The predicted octanol–water partition coefficient (Wildman–Crippen LogP) is 2.91. The van der Waals surface area contributed by atoms with Crippen molar-refractivity contribution in [2.24, 2.45) is 0 Å². The Labute approximate surface area is 130 Å². The zero-order chi connectivity index (χ0) is 12.4. The van der Waals surface area contributed by atoms with Crippen LogP contribution in [0.25, 0.3) is 0 Å². The molecule has 0 saturated carbocycles. The molecule has 0 aromatic heterocycles. The van der Waals surface area contributed by atoms with Crippen molar-refractivity contribution in [1.29, 1.82) is 0 Å². The number of hydrogen-bond donors (Lipinski definition) is 3. The van der Waals surface area contributed by atoms with Gasteiger partial charge in [0.05, 0.1) is 0 Å². The van der Waals surface area contributed by atoms with E-state index in [1.807, 2.05) is 0 Å². The molecule has 0 rings (SSSR count). The van der Waals surface area contributed by atoms with Gasteiger partial charge in [0.15, 0.2) is 0 Å². The first-order valence-corrected chi connectivity index (χ1v) is 6.07. The number of halogens is 1. The SMILES string of the molecule is Br.CCCCO.CCCCO.CCCCO.[V]. The van der Waals surface area contributed by atoms with Crippen molar-refractivity contribution in [2.45, 2.75) is 59.3 Å². The summed E-state index contributed by atoms with van der Waals surface area (Å²) in [5, 5.41) is 24.2. The van der Waals surface area contributed by atoms with Crippen LogP contribution in [0.3, 0.4) is 0 Å². The van der Waals surface area contributed by atoms with Crippen molar-refractivity contribution in [3.8, 4) is 0 Å². The van der Waals surface area contributed by atoms with Crippen LogP contribution in [0.15, 0.2) is 0 Å². The minimum Gasteiger partial charge on any atom is -0.396 e. The number of aliphatic hydroxyl groups is 3. The van der Waals surface area contributed by atoms with Crippen LogP contribution < -0.4 is 0 Å². The van der Waals surface area contributed by atoms with Gasteiger partial charge in [-0.25, -0.2) is 0 Å². The molecule has 0 atom stereocenters. The van der Waals surface area contributed by atoms with Crippen LogP contribution >= 0.6 is 17.0 Å². The molecule has 0 amide bonds. The van der Waals surface area contributed by atoms with Gasteiger partial charge in [-0.2, -0.15) is 0 Å². The number of hydrogen-bond acceptors (Lipinski definition) is 3. The van der Waals surface area contributed by atoms with Crippen LogP contribution in [0.2, 0.25) is 0 Å². The van der Waals surface area contributed by atoms with E-state index in [0.29, 0.717) is 19.8 Å². The van der Waals surface area contributed by atoms with E-state index in [1.54, 1.807) is 0 Å². The van der Waals surface area contributed by atoms with Crippen molar-refractivity contribution in [2.75, 3.05) is 19.8 Å². The van der Waals surface area contributed by atoms with Gasteiger partial charge in [0, 0.05) is 38.4 Å². The molecule has 3 N–H and O–H groups in total. The molecule has 1 radical (unpaired) electrons. The molecule has 17 heavy (non-hydrogen) atoms. The van der Waals surface area contributed by atoms with Gasteiger partial charge >= 0.3 is 0 Å². The van der Waals surface area contributed by atoms with Crippen molar-refractivity contribution >= 4 is 17.0 Å². The second-order valence-electron chi connectivity index (χ2n) is 3.23. The summed E-state index contributed by atoms with van der Waals surface area (Å²) in [6, 6.07) is 0. The first-order valence-electron chi connectivity index (χ1n) is 6.07. The Kier molecular flexibility index (Phi) is 78.8. The second-order valence-corrected chi connectivity index (χ2v) is 3.23. The number of unbranched alkanes of at least 4 members (excludes halogenated alkanes) is 3. The molecule has 0 spiro atoms. The van der Waals surface area contributed by atoms with E-state index in [-0.39, 0.29) is 35.5 Å². The Morgan fingerprint density at radius 1 is 0.588 bits per heavy atom. The molecule has 0 aliphatic carbocycles. The molecule has 0 aromatic rings. The molecule has 0 aromatic carbocycles. The quantitative estimate of drug-likeness (QED) is 0.687.